The number of hydrogen-bond donors (Lipinski definition) is 1. The van der Waals surface area contributed by atoms with Gasteiger partial charge >= 0.3 is 12.1 Å². The van der Waals surface area contributed by atoms with Gasteiger partial charge in [0.25, 0.3) is 0 Å². The SMILES string of the molecule is CC1CN(c2cc(C(F)(F)F)ccc2C(=O)O)S(=O)(=O)C1. The van der Waals surface area contributed by atoms with Gasteiger partial charge < -0.3 is 5.11 Å². The maximum atomic E-state index is 12.7. The average molecular weight is 323 g/mol. The third kappa shape index (κ3) is 2.97. The van der Waals surface area contributed by atoms with Crippen molar-refractivity contribution >= 4 is 21.7 Å². The predicted molar refractivity (Wildman–Crippen MR) is 68.7 cm³/mol. The molecular formula is C12H12F3NO4S. The molecule has 1 atom stereocenters. The molecule has 0 saturated carbocycles. The largest absolute Gasteiger partial charge is 0.478 e. The fourth-order valence-corrected chi connectivity index (χ4v) is 4.18. The van der Waals surface area contributed by atoms with Crippen LogP contribution in [0.2, 0.25) is 0 Å². The van der Waals surface area contributed by atoms with Gasteiger partial charge in [-0.1, -0.05) is 6.92 Å². The second-order valence-corrected chi connectivity index (χ2v) is 6.89. The summed E-state index contributed by atoms with van der Waals surface area (Å²) in [4.78, 5) is 11.1. The highest BCUT2D eigenvalue weighted by molar-refractivity contribution is 7.93. The van der Waals surface area contributed by atoms with Gasteiger partial charge in [-0.2, -0.15) is 13.2 Å². The zero-order chi connectivity index (χ0) is 16.0. The summed E-state index contributed by atoms with van der Waals surface area (Å²) < 4.78 is 62.9. The lowest BCUT2D eigenvalue weighted by molar-refractivity contribution is -0.137. The lowest BCUT2D eigenvalue weighted by Crippen LogP contribution is -2.27. The van der Waals surface area contributed by atoms with Crippen LogP contribution in [0.3, 0.4) is 0 Å². The molecule has 1 heterocycles. The van der Waals surface area contributed by atoms with Gasteiger partial charge in [-0.05, 0) is 24.1 Å². The topological polar surface area (TPSA) is 74.7 Å². The number of benzene rings is 1. The minimum absolute atomic E-state index is 0.0378. The molecule has 0 bridgehead atoms. The molecule has 1 aliphatic rings. The Morgan fingerprint density at radius 1 is 1.38 bits per heavy atom. The van der Waals surface area contributed by atoms with Gasteiger partial charge in [0.05, 0.1) is 22.6 Å². The Bertz CT molecular complexity index is 684. The van der Waals surface area contributed by atoms with E-state index in [4.69, 9.17) is 5.11 Å². The minimum atomic E-state index is -4.68. The first-order chi connectivity index (χ1) is 9.52. The zero-order valence-electron chi connectivity index (χ0n) is 10.9. The zero-order valence-corrected chi connectivity index (χ0v) is 11.7. The summed E-state index contributed by atoms with van der Waals surface area (Å²) in [5.41, 5.74) is -2.00. The monoisotopic (exact) mass is 323 g/mol. The quantitative estimate of drug-likeness (QED) is 0.905. The van der Waals surface area contributed by atoms with E-state index in [0.717, 1.165) is 10.4 Å². The molecule has 21 heavy (non-hydrogen) atoms. The number of carboxylic acids is 1. The highest BCUT2D eigenvalue weighted by Gasteiger charge is 2.38. The molecule has 1 N–H and O–H groups in total. The summed E-state index contributed by atoms with van der Waals surface area (Å²) in [5, 5.41) is 9.05. The second kappa shape index (κ2) is 4.90. The van der Waals surface area contributed by atoms with Crippen LogP contribution < -0.4 is 4.31 Å². The van der Waals surface area contributed by atoms with Crippen LogP contribution in [0.5, 0.6) is 0 Å². The normalized spacial score (nSPS) is 21.5. The first kappa shape index (κ1) is 15.6. The summed E-state index contributed by atoms with van der Waals surface area (Å²) >= 11 is 0. The van der Waals surface area contributed by atoms with Crippen molar-refractivity contribution in [3.63, 3.8) is 0 Å². The molecule has 0 aromatic heterocycles. The first-order valence-corrected chi connectivity index (χ1v) is 7.58. The molecule has 0 radical (unpaired) electrons. The Balaban J connectivity index is 2.62. The van der Waals surface area contributed by atoms with Gasteiger partial charge in [0.1, 0.15) is 0 Å². The highest BCUT2D eigenvalue weighted by Crippen LogP contribution is 2.36. The van der Waals surface area contributed by atoms with Gasteiger partial charge in [-0.3, -0.25) is 4.31 Å². The van der Waals surface area contributed by atoms with E-state index in [0.29, 0.717) is 12.1 Å². The number of carbonyl (C=O) groups is 1. The maximum Gasteiger partial charge on any atom is 0.416 e. The van der Waals surface area contributed by atoms with Crippen molar-refractivity contribution in [2.75, 3.05) is 16.6 Å². The van der Waals surface area contributed by atoms with Crippen LogP contribution in [0, 0.1) is 5.92 Å². The van der Waals surface area contributed by atoms with Gasteiger partial charge in [0.15, 0.2) is 0 Å². The van der Waals surface area contributed by atoms with Crippen molar-refractivity contribution in [3.05, 3.63) is 29.3 Å². The van der Waals surface area contributed by atoms with Gasteiger partial charge in [0.2, 0.25) is 10.0 Å². The molecule has 1 aliphatic heterocycles. The second-order valence-electron chi connectivity index (χ2n) is 4.95. The molecule has 2 rings (SSSR count). The summed E-state index contributed by atoms with van der Waals surface area (Å²) in [6.45, 7) is 1.59. The fourth-order valence-electron chi connectivity index (χ4n) is 2.24. The number of nitrogens with zero attached hydrogens (tertiary/aromatic N) is 1. The molecule has 1 unspecified atom stereocenters. The smallest absolute Gasteiger partial charge is 0.416 e. The Morgan fingerprint density at radius 2 is 2.00 bits per heavy atom. The summed E-state index contributed by atoms with van der Waals surface area (Å²) in [6, 6.07) is 1.97. The number of halogens is 3. The number of anilines is 1. The molecular weight excluding hydrogens is 311 g/mol. The fraction of sp³-hybridized carbons (Fsp3) is 0.417. The van der Waals surface area contributed by atoms with E-state index < -0.39 is 39.0 Å². The molecule has 1 aromatic rings. The summed E-state index contributed by atoms with van der Waals surface area (Å²) in [7, 11) is -3.80. The molecule has 116 valence electrons. The number of carboxylic acid groups (broad SMARTS) is 1. The van der Waals surface area contributed by atoms with Crippen molar-refractivity contribution in [2.24, 2.45) is 5.92 Å². The van der Waals surface area contributed by atoms with Crippen LogP contribution in [-0.2, 0) is 16.2 Å². The molecule has 5 nitrogen and oxygen atoms in total. The molecule has 0 spiro atoms. The molecule has 1 fully saturated rings. The van der Waals surface area contributed by atoms with Crippen molar-refractivity contribution in [1.29, 1.82) is 0 Å². The van der Waals surface area contributed by atoms with Crippen LogP contribution in [0.4, 0.5) is 18.9 Å². The van der Waals surface area contributed by atoms with E-state index >= 15 is 0 Å². The molecule has 1 saturated heterocycles. The van der Waals surface area contributed by atoms with Crippen LogP contribution in [-0.4, -0.2) is 31.8 Å². The predicted octanol–water partition coefficient (Wildman–Crippen LogP) is 2.19. The average Bonchev–Trinajstić information content (AvgIpc) is 2.60. The Morgan fingerprint density at radius 3 is 2.43 bits per heavy atom. The van der Waals surface area contributed by atoms with E-state index in [-0.39, 0.29) is 18.2 Å². The third-order valence-corrected chi connectivity index (χ3v) is 5.14. The van der Waals surface area contributed by atoms with Gasteiger partial charge in [-0.15, -0.1) is 0 Å². The van der Waals surface area contributed by atoms with Crippen molar-refractivity contribution in [3.8, 4) is 0 Å². The van der Waals surface area contributed by atoms with Crippen LogP contribution in [0.25, 0.3) is 0 Å². The number of sulfonamides is 1. The number of hydrogen-bond acceptors (Lipinski definition) is 3. The van der Waals surface area contributed by atoms with E-state index in [1.165, 1.54) is 0 Å². The van der Waals surface area contributed by atoms with E-state index in [1.807, 2.05) is 0 Å². The Kier molecular flexibility index (Phi) is 3.64. The van der Waals surface area contributed by atoms with E-state index in [1.54, 1.807) is 6.92 Å². The molecule has 1 aromatic carbocycles. The Hall–Kier alpha value is -1.77. The minimum Gasteiger partial charge on any atom is -0.478 e. The standard InChI is InChI=1S/C12H12F3NO4S/c1-7-5-16(21(19,20)6-7)10-4-8(12(13,14)15)2-3-9(10)11(17)18/h2-4,7H,5-6H2,1H3,(H,17,18). The lowest BCUT2D eigenvalue weighted by Gasteiger charge is -2.20. The summed E-state index contributed by atoms with van der Waals surface area (Å²) in [6.07, 6.45) is -4.68. The number of rotatable bonds is 2. The number of alkyl halides is 3. The number of aromatic carboxylic acids is 1. The van der Waals surface area contributed by atoms with Crippen LogP contribution in [0.15, 0.2) is 18.2 Å². The van der Waals surface area contributed by atoms with Crippen molar-refractivity contribution in [2.45, 2.75) is 13.1 Å². The van der Waals surface area contributed by atoms with Crippen LogP contribution in [0.1, 0.15) is 22.8 Å². The molecule has 9 heteroatoms. The van der Waals surface area contributed by atoms with Gasteiger partial charge in [-0.25, -0.2) is 13.2 Å². The van der Waals surface area contributed by atoms with Gasteiger partial charge in [0, 0.05) is 6.54 Å². The van der Waals surface area contributed by atoms with E-state index in [2.05, 4.69) is 0 Å². The highest BCUT2D eigenvalue weighted by atomic mass is 32.2. The Labute approximate surface area is 119 Å². The summed E-state index contributed by atoms with van der Waals surface area (Å²) in [5.74, 6) is -1.98. The van der Waals surface area contributed by atoms with E-state index in [9.17, 15) is 26.4 Å². The lowest BCUT2D eigenvalue weighted by atomic mass is 10.1. The molecule has 0 aliphatic carbocycles. The first-order valence-electron chi connectivity index (χ1n) is 5.97. The van der Waals surface area contributed by atoms with Crippen molar-refractivity contribution in [1.82, 2.24) is 0 Å². The van der Waals surface area contributed by atoms with Crippen molar-refractivity contribution < 1.29 is 31.5 Å². The molecule has 0 amide bonds. The third-order valence-electron chi connectivity index (χ3n) is 3.13. The van der Waals surface area contributed by atoms with Crippen LogP contribution >= 0.6 is 0 Å². The maximum absolute atomic E-state index is 12.7.